The van der Waals surface area contributed by atoms with Crippen LogP contribution in [0.15, 0.2) is 16.8 Å². The molecule has 4 heteroatoms. The second-order valence-corrected chi connectivity index (χ2v) is 4.79. The normalized spacial score (nSPS) is 21.2. The minimum absolute atomic E-state index is 0.0279. The largest absolute Gasteiger partial charge is 0.465 e. The maximum absolute atomic E-state index is 11.7. The van der Waals surface area contributed by atoms with Crippen LogP contribution in [-0.4, -0.2) is 30.1 Å². The summed E-state index contributed by atoms with van der Waals surface area (Å²) in [5, 5.41) is 4.21. The lowest BCUT2D eigenvalue weighted by Crippen LogP contribution is -2.36. The number of likely N-dealkylation sites (tertiary alicyclic amines) is 1. The molecule has 88 valence electrons. The van der Waals surface area contributed by atoms with Crippen molar-refractivity contribution in [2.24, 2.45) is 0 Å². The fourth-order valence-electron chi connectivity index (χ4n) is 2.14. The molecule has 2 rings (SSSR count). The molecule has 0 aromatic carbocycles. The second-order valence-electron chi connectivity index (χ2n) is 4.01. The van der Waals surface area contributed by atoms with E-state index in [0.29, 0.717) is 6.61 Å². The Balaban J connectivity index is 1.95. The van der Waals surface area contributed by atoms with Crippen molar-refractivity contribution in [3.05, 3.63) is 22.4 Å². The highest BCUT2D eigenvalue weighted by molar-refractivity contribution is 7.07. The molecule has 0 bridgehead atoms. The van der Waals surface area contributed by atoms with Crippen molar-refractivity contribution in [2.75, 3.05) is 13.2 Å². The molecule has 0 N–H and O–H groups in total. The van der Waals surface area contributed by atoms with Gasteiger partial charge in [0.1, 0.15) is 6.04 Å². The van der Waals surface area contributed by atoms with Gasteiger partial charge < -0.3 is 4.74 Å². The average Bonchev–Trinajstić information content (AvgIpc) is 2.90. The first kappa shape index (κ1) is 11.6. The van der Waals surface area contributed by atoms with Gasteiger partial charge in [-0.3, -0.25) is 9.69 Å². The second kappa shape index (κ2) is 5.46. The van der Waals surface area contributed by atoms with Gasteiger partial charge in [0.25, 0.3) is 0 Å². The van der Waals surface area contributed by atoms with E-state index in [2.05, 4.69) is 21.7 Å². The number of esters is 1. The molecule has 0 amide bonds. The Morgan fingerprint density at radius 3 is 3.25 bits per heavy atom. The van der Waals surface area contributed by atoms with Crippen LogP contribution in [0.2, 0.25) is 0 Å². The van der Waals surface area contributed by atoms with Crippen molar-refractivity contribution < 1.29 is 9.53 Å². The lowest BCUT2D eigenvalue weighted by molar-refractivity contribution is -0.148. The van der Waals surface area contributed by atoms with Crippen molar-refractivity contribution in [1.29, 1.82) is 0 Å². The number of carbonyl (C=O) groups is 1. The Morgan fingerprint density at radius 2 is 2.56 bits per heavy atom. The fraction of sp³-hybridized carbons (Fsp3) is 0.583. The van der Waals surface area contributed by atoms with Crippen LogP contribution >= 0.6 is 11.3 Å². The van der Waals surface area contributed by atoms with Gasteiger partial charge in [0, 0.05) is 6.54 Å². The van der Waals surface area contributed by atoms with Crippen molar-refractivity contribution in [1.82, 2.24) is 4.90 Å². The molecule has 2 heterocycles. The number of rotatable bonds is 4. The van der Waals surface area contributed by atoms with Crippen LogP contribution in [0.25, 0.3) is 0 Å². The standard InChI is InChI=1S/C12H17NO2S/c1-2-15-12(14)11-4-3-6-13(11)8-10-5-7-16-9-10/h5,7,9,11H,2-4,6,8H2,1H3. The first-order valence-corrected chi connectivity index (χ1v) is 6.67. The minimum Gasteiger partial charge on any atom is -0.465 e. The summed E-state index contributed by atoms with van der Waals surface area (Å²) >= 11 is 1.70. The molecule has 0 aliphatic carbocycles. The zero-order chi connectivity index (χ0) is 11.4. The SMILES string of the molecule is CCOC(=O)C1CCCN1Cc1ccsc1. The van der Waals surface area contributed by atoms with Crippen LogP contribution < -0.4 is 0 Å². The molecule has 1 saturated heterocycles. The Morgan fingerprint density at radius 1 is 1.69 bits per heavy atom. The van der Waals surface area contributed by atoms with Gasteiger partial charge in [0.05, 0.1) is 6.61 Å². The quantitative estimate of drug-likeness (QED) is 0.755. The first-order valence-electron chi connectivity index (χ1n) is 5.73. The Labute approximate surface area is 100 Å². The van der Waals surface area contributed by atoms with Crippen molar-refractivity contribution >= 4 is 17.3 Å². The van der Waals surface area contributed by atoms with Crippen molar-refractivity contribution in [3.8, 4) is 0 Å². The first-order chi connectivity index (χ1) is 7.81. The third-order valence-corrected chi connectivity index (χ3v) is 3.62. The van der Waals surface area contributed by atoms with Gasteiger partial charge in [-0.2, -0.15) is 11.3 Å². The molecule has 1 fully saturated rings. The number of nitrogens with zero attached hydrogens (tertiary/aromatic N) is 1. The zero-order valence-electron chi connectivity index (χ0n) is 9.52. The molecule has 1 unspecified atom stereocenters. The monoisotopic (exact) mass is 239 g/mol. The average molecular weight is 239 g/mol. The molecule has 3 nitrogen and oxygen atoms in total. The van der Waals surface area contributed by atoms with E-state index in [1.165, 1.54) is 5.56 Å². The summed E-state index contributed by atoms with van der Waals surface area (Å²) < 4.78 is 5.10. The molecule has 1 aromatic rings. The van der Waals surface area contributed by atoms with Gasteiger partial charge in [-0.1, -0.05) is 0 Å². The van der Waals surface area contributed by atoms with Crippen LogP contribution in [0.1, 0.15) is 25.3 Å². The molecule has 1 aromatic heterocycles. The predicted molar refractivity (Wildman–Crippen MR) is 64.4 cm³/mol. The molecule has 0 saturated carbocycles. The summed E-state index contributed by atoms with van der Waals surface area (Å²) in [7, 11) is 0. The van der Waals surface area contributed by atoms with Gasteiger partial charge >= 0.3 is 5.97 Å². The number of thiophene rings is 1. The van der Waals surface area contributed by atoms with E-state index in [1.807, 2.05) is 6.92 Å². The Bertz CT molecular complexity index is 337. The number of hydrogen-bond acceptors (Lipinski definition) is 4. The molecule has 0 spiro atoms. The third kappa shape index (κ3) is 2.62. The van der Waals surface area contributed by atoms with Crippen LogP contribution in [0.3, 0.4) is 0 Å². The molecule has 16 heavy (non-hydrogen) atoms. The molecule has 1 aliphatic heterocycles. The third-order valence-electron chi connectivity index (χ3n) is 2.89. The molecule has 0 radical (unpaired) electrons. The Kier molecular flexibility index (Phi) is 3.96. The topological polar surface area (TPSA) is 29.5 Å². The van der Waals surface area contributed by atoms with E-state index >= 15 is 0 Å². The van der Waals surface area contributed by atoms with Crippen LogP contribution in [0, 0.1) is 0 Å². The van der Waals surface area contributed by atoms with Crippen LogP contribution in [0.4, 0.5) is 0 Å². The van der Waals surface area contributed by atoms with Crippen LogP contribution in [0.5, 0.6) is 0 Å². The predicted octanol–water partition coefficient (Wildman–Crippen LogP) is 2.28. The number of carbonyl (C=O) groups excluding carboxylic acids is 1. The van der Waals surface area contributed by atoms with Crippen molar-refractivity contribution in [3.63, 3.8) is 0 Å². The van der Waals surface area contributed by atoms with Gasteiger partial charge in [0.15, 0.2) is 0 Å². The summed E-state index contributed by atoms with van der Waals surface area (Å²) in [6.45, 7) is 4.20. The number of hydrogen-bond donors (Lipinski definition) is 0. The van der Waals surface area contributed by atoms with Crippen LogP contribution in [-0.2, 0) is 16.1 Å². The van der Waals surface area contributed by atoms with Crippen molar-refractivity contribution in [2.45, 2.75) is 32.4 Å². The lowest BCUT2D eigenvalue weighted by atomic mass is 10.2. The summed E-state index contributed by atoms with van der Waals surface area (Å²) in [4.78, 5) is 13.9. The number of ether oxygens (including phenoxy) is 1. The summed E-state index contributed by atoms with van der Waals surface area (Å²) in [5.41, 5.74) is 1.29. The van der Waals surface area contributed by atoms with E-state index in [9.17, 15) is 4.79 Å². The van der Waals surface area contributed by atoms with E-state index in [-0.39, 0.29) is 12.0 Å². The highest BCUT2D eigenvalue weighted by Crippen LogP contribution is 2.21. The summed E-state index contributed by atoms with van der Waals surface area (Å²) in [6.07, 6.45) is 2.02. The minimum atomic E-state index is -0.0600. The maximum atomic E-state index is 11.7. The fourth-order valence-corrected chi connectivity index (χ4v) is 2.80. The Hall–Kier alpha value is -0.870. The van der Waals surface area contributed by atoms with Gasteiger partial charge in [-0.15, -0.1) is 0 Å². The zero-order valence-corrected chi connectivity index (χ0v) is 10.3. The highest BCUT2D eigenvalue weighted by Gasteiger charge is 2.31. The van der Waals surface area contributed by atoms with Gasteiger partial charge in [-0.05, 0) is 48.7 Å². The van der Waals surface area contributed by atoms with E-state index in [1.54, 1.807) is 11.3 Å². The van der Waals surface area contributed by atoms with Gasteiger partial charge in [0.2, 0.25) is 0 Å². The van der Waals surface area contributed by atoms with E-state index in [0.717, 1.165) is 25.9 Å². The van der Waals surface area contributed by atoms with E-state index in [4.69, 9.17) is 4.74 Å². The van der Waals surface area contributed by atoms with Gasteiger partial charge in [-0.25, -0.2) is 0 Å². The summed E-state index contributed by atoms with van der Waals surface area (Å²) in [6, 6.07) is 2.09. The lowest BCUT2D eigenvalue weighted by Gasteiger charge is -2.22. The molecule has 1 atom stereocenters. The smallest absolute Gasteiger partial charge is 0.323 e. The van der Waals surface area contributed by atoms with E-state index < -0.39 is 0 Å². The highest BCUT2D eigenvalue weighted by atomic mass is 32.1. The maximum Gasteiger partial charge on any atom is 0.323 e. The molecular weight excluding hydrogens is 222 g/mol. The summed E-state index contributed by atoms with van der Waals surface area (Å²) in [5.74, 6) is -0.0600. The molecule has 1 aliphatic rings. The molecular formula is C12H17NO2S.